The summed E-state index contributed by atoms with van der Waals surface area (Å²) in [6.07, 6.45) is 8.97. The fraction of sp³-hybridized carbons (Fsp3) is 0.276. The molecule has 0 unspecified atom stereocenters. The number of aromatic nitrogens is 1. The molecule has 4 rings (SSSR count). The molecule has 4 heteroatoms. The summed E-state index contributed by atoms with van der Waals surface area (Å²) in [6, 6.07) is 15.9. The molecule has 0 amide bonds. The number of fused-ring (bicyclic) bond motifs is 1. The van der Waals surface area contributed by atoms with Gasteiger partial charge in [0.05, 0.1) is 16.2 Å². The smallest absolute Gasteiger partial charge is 0.0731 e. The van der Waals surface area contributed by atoms with E-state index in [-0.39, 0.29) is 0 Å². The molecule has 1 aromatic heterocycles. The van der Waals surface area contributed by atoms with Crippen molar-refractivity contribution in [3.63, 3.8) is 0 Å². The van der Waals surface area contributed by atoms with E-state index < -0.39 is 0 Å². The summed E-state index contributed by atoms with van der Waals surface area (Å²) in [5.41, 5.74) is 6.89. The summed E-state index contributed by atoms with van der Waals surface area (Å²) in [5.74, 6) is 2.65. The van der Waals surface area contributed by atoms with Gasteiger partial charge in [0.2, 0.25) is 0 Å². The van der Waals surface area contributed by atoms with Crippen LogP contribution in [0.15, 0.2) is 67.4 Å². The highest BCUT2D eigenvalue weighted by molar-refractivity contribution is 6.35. The van der Waals surface area contributed by atoms with Gasteiger partial charge in [0, 0.05) is 54.1 Å². The summed E-state index contributed by atoms with van der Waals surface area (Å²) in [7, 11) is 0. The Kier molecular flexibility index (Phi) is 7.06. The largest absolute Gasteiger partial charge is 0.372 e. The maximum atomic E-state index is 6.61. The van der Waals surface area contributed by atoms with E-state index in [1.54, 1.807) is 0 Å². The number of halogens is 1. The second kappa shape index (κ2) is 10.1. The molecule has 168 valence electrons. The maximum absolute atomic E-state index is 6.61. The molecule has 1 fully saturated rings. The van der Waals surface area contributed by atoms with Crippen molar-refractivity contribution in [1.29, 1.82) is 0 Å². The van der Waals surface area contributed by atoms with E-state index in [0.717, 1.165) is 71.6 Å². The molecule has 0 aliphatic carbocycles. The summed E-state index contributed by atoms with van der Waals surface area (Å²) < 4.78 is 0. The lowest BCUT2D eigenvalue weighted by atomic mass is 10.0. The van der Waals surface area contributed by atoms with Gasteiger partial charge in [-0.2, -0.15) is 0 Å². The zero-order valence-corrected chi connectivity index (χ0v) is 20.0. The number of hydrogen-bond acceptors (Lipinski definition) is 3. The third kappa shape index (κ3) is 5.07. The minimum atomic E-state index is 0.687. The maximum Gasteiger partial charge on any atom is 0.0731 e. The lowest BCUT2D eigenvalue weighted by molar-refractivity contribution is 0.209. The van der Waals surface area contributed by atoms with E-state index in [4.69, 9.17) is 23.0 Å². The molecule has 3 aromatic rings. The zero-order valence-electron chi connectivity index (χ0n) is 19.3. The number of hydrogen-bond donors (Lipinski definition) is 0. The van der Waals surface area contributed by atoms with Crippen LogP contribution in [0.5, 0.6) is 0 Å². The molecule has 0 radical (unpaired) electrons. The Morgan fingerprint density at radius 1 is 1.03 bits per heavy atom. The van der Waals surface area contributed by atoms with E-state index in [0.29, 0.717) is 5.02 Å². The van der Waals surface area contributed by atoms with Gasteiger partial charge in [0.15, 0.2) is 0 Å². The van der Waals surface area contributed by atoms with Crippen molar-refractivity contribution in [1.82, 2.24) is 14.8 Å². The number of piperazine rings is 1. The van der Waals surface area contributed by atoms with Crippen LogP contribution in [0.1, 0.15) is 37.3 Å². The van der Waals surface area contributed by atoms with Gasteiger partial charge in [-0.1, -0.05) is 68.3 Å². The number of pyridine rings is 1. The Balaban J connectivity index is 1.53. The average Bonchev–Trinajstić information content (AvgIpc) is 2.86. The van der Waals surface area contributed by atoms with Crippen LogP contribution < -0.4 is 0 Å². The molecule has 0 spiro atoms. The first-order valence-electron chi connectivity index (χ1n) is 11.5. The predicted octanol–water partition coefficient (Wildman–Crippen LogP) is 6.83. The molecule has 1 aliphatic heterocycles. The van der Waals surface area contributed by atoms with Crippen molar-refractivity contribution >= 4 is 28.2 Å². The Morgan fingerprint density at radius 2 is 1.73 bits per heavy atom. The molecule has 2 heterocycles. The lowest BCUT2D eigenvalue weighted by Crippen LogP contribution is -2.44. The van der Waals surface area contributed by atoms with Crippen molar-refractivity contribution in [2.24, 2.45) is 0 Å². The molecular formula is C29H30ClN3. The topological polar surface area (TPSA) is 19.4 Å². The summed E-state index contributed by atoms with van der Waals surface area (Å²) in [6.45, 7) is 14.8. The van der Waals surface area contributed by atoms with Crippen molar-refractivity contribution in [3.8, 4) is 23.6 Å². The second-order valence-corrected chi connectivity index (χ2v) is 8.94. The van der Waals surface area contributed by atoms with Gasteiger partial charge in [0.1, 0.15) is 0 Å². The van der Waals surface area contributed by atoms with E-state index in [9.17, 15) is 0 Å². The van der Waals surface area contributed by atoms with Crippen molar-refractivity contribution < 1.29 is 0 Å². The van der Waals surface area contributed by atoms with Gasteiger partial charge in [-0.05, 0) is 42.7 Å². The first-order chi connectivity index (χ1) is 16.0. The van der Waals surface area contributed by atoms with Crippen LogP contribution >= 0.6 is 11.6 Å². The summed E-state index contributed by atoms with van der Waals surface area (Å²) in [5, 5.41) is 1.63. The summed E-state index contributed by atoms with van der Waals surface area (Å²) in [4.78, 5) is 9.67. The number of benzene rings is 2. The van der Waals surface area contributed by atoms with Crippen LogP contribution in [0, 0.1) is 12.3 Å². The summed E-state index contributed by atoms with van der Waals surface area (Å²) >= 11 is 6.61. The molecule has 0 atom stereocenters. The van der Waals surface area contributed by atoms with Gasteiger partial charge >= 0.3 is 0 Å². The average molecular weight is 456 g/mol. The first-order valence-corrected chi connectivity index (χ1v) is 11.9. The number of nitrogens with zero attached hydrogens (tertiary/aromatic N) is 3. The number of unbranched alkanes of at least 4 members (excludes halogenated alkanes) is 1. The molecule has 1 aliphatic rings. The molecule has 0 N–H and O–H groups in total. The Labute approximate surface area is 202 Å². The zero-order chi connectivity index (χ0) is 23.4. The fourth-order valence-corrected chi connectivity index (χ4v) is 4.53. The quantitative estimate of drug-likeness (QED) is 0.364. The molecule has 3 nitrogen and oxygen atoms in total. The van der Waals surface area contributed by atoms with E-state index in [1.807, 2.05) is 36.4 Å². The van der Waals surface area contributed by atoms with Gasteiger partial charge < -0.3 is 9.80 Å². The molecule has 33 heavy (non-hydrogen) atoms. The van der Waals surface area contributed by atoms with E-state index >= 15 is 0 Å². The van der Waals surface area contributed by atoms with Crippen molar-refractivity contribution in [2.45, 2.75) is 26.2 Å². The van der Waals surface area contributed by atoms with Gasteiger partial charge in [-0.3, -0.25) is 0 Å². The first kappa shape index (κ1) is 23.0. The van der Waals surface area contributed by atoms with Crippen LogP contribution in [-0.4, -0.2) is 41.0 Å². The van der Waals surface area contributed by atoms with Crippen LogP contribution in [0.4, 0.5) is 0 Å². The highest BCUT2D eigenvalue weighted by Gasteiger charge is 2.20. The number of rotatable bonds is 7. The highest BCUT2D eigenvalue weighted by Crippen LogP contribution is 2.31. The van der Waals surface area contributed by atoms with Crippen LogP contribution in [0.25, 0.3) is 27.9 Å². The van der Waals surface area contributed by atoms with Crippen LogP contribution in [0.2, 0.25) is 5.02 Å². The van der Waals surface area contributed by atoms with E-state index in [2.05, 4.69) is 47.9 Å². The Bertz CT molecular complexity index is 1210. The molecule has 0 bridgehead atoms. The van der Waals surface area contributed by atoms with Gasteiger partial charge in [-0.15, -0.1) is 6.42 Å². The molecule has 1 saturated heterocycles. The van der Waals surface area contributed by atoms with Crippen LogP contribution in [0.3, 0.4) is 0 Å². The van der Waals surface area contributed by atoms with Crippen molar-refractivity contribution in [3.05, 3.63) is 83.5 Å². The standard InChI is InChI=1S/C29H30ClN3/c1-5-7-8-21(3)32-15-17-33(18-16-32)22(4)25-13-14-26-27(30)20-28(31-29(26)19-25)24-11-9-23(6-2)10-12-24/h2,9-14,19-20H,3-5,7-8,15-18H2,1H3. The minimum absolute atomic E-state index is 0.687. The normalized spacial score (nSPS) is 13.7. The SMILES string of the molecule is C#Cc1ccc(-c2cc(Cl)c3ccc(C(=C)N4CCN(C(=C)CCCC)CC4)cc3n2)cc1. The van der Waals surface area contributed by atoms with Gasteiger partial charge in [-0.25, -0.2) is 4.98 Å². The Morgan fingerprint density at radius 3 is 2.39 bits per heavy atom. The Hall–Kier alpha value is -3.22. The number of terminal acetylenes is 1. The lowest BCUT2D eigenvalue weighted by Gasteiger charge is -2.39. The second-order valence-electron chi connectivity index (χ2n) is 8.53. The van der Waals surface area contributed by atoms with Crippen molar-refractivity contribution in [2.75, 3.05) is 26.2 Å². The van der Waals surface area contributed by atoms with Crippen LogP contribution in [-0.2, 0) is 0 Å². The third-order valence-corrected chi connectivity index (χ3v) is 6.68. The monoisotopic (exact) mass is 455 g/mol. The molecule has 0 saturated carbocycles. The molecular weight excluding hydrogens is 426 g/mol. The molecule has 2 aromatic carbocycles. The minimum Gasteiger partial charge on any atom is -0.372 e. The fourth-order valence-electron chi connectivity index (χ4n) is 4.26. The van der Waals surface area contributed by atoms with E-state index in [1.165, 1.54) is 18.5 Å². The predicted molar refractivity (Wildman–Crippen MR) is 141 cm³/mol. The number of allylic oxidation sites excluding steroid dienone is 1. The third-order valence-electron chi connectivity index (χ3n) is 6.37. The highest BCUT2D eigenvalue weighted by atomic mass is 35.5. The van der Waals surface area contributed by atoms with Gasteiger partial charge in [0.25, 0.3) is 0 Å².